The van der Waals surface area contributed by atoms with Gasteiger partial charge in [-0.25, -0.2) is 4.90 Å². The highest BCUT2D eigenvalue weighted by atomic mass is 16.5. The smallest absolute Gasteiger partial charge is 0.292 e. The summed E-state index contributed by atoms with van der Waals surface area (Å²) in [7, 11) is 0. The van der Waals surface area contributed by atoms with Gasteiger partial charge >= 0.3 is 0 Å². The zero-order valence-corrected chi connectivity index (χ0v) is 17.0. The average molecular weight is 408 g/mol. The van der Waals surface area contributed by atoms with Crippen LogP contribution in [0.15, 0.2) is 48.5 Å². The number of imide groups is 1. The number of hydrogen-bond acceptors (Lipinski definition) is 4. The van der Waals surface area contributed by atoms with Crippen molar-refractivity contribution in [2.75, 3.05) is 23.0 Å². The Morgan fingerprint density at radius 3 is 2.30 bits per heavy atom. The number of rotatable bonds is 7. The molecule has 2 saturated heterocycles. The Morgan fingerprint density at radius 2 is 1.67 bits per heavy atom. The molecule has 0 saturated carbocycles. The first-order valence-electron chi connectivity index (χ1n) is 10.4. The van der Waals surface area contributed by atoms with E-state index in [0.29, 0.717) is 31.0 Å². The SMILES string of the molecule is CCOc1ccc(N2C(=O)C[C@H]([NH2+]Cc3ccc(N4CCCC4=O)cc3)C2=O)cc1. The summed E-state index contributed by atoms with van der Waals surface area (Å²) in [4.78, 5) is 40.2. The molecule has 30 heavy (non-hydrogen) atoms. The minimum absolute atomic E-state index is 0.166. The van der Waals surface area contributed by atoms with Gasteiger partial charge in [-0.1, -0.05) is 12.1 Å². The fraction of sp³-hybridized carbons (Fsp3) is 0.348. The highest BCUT2D eigenvalue weighted by Crippen LogP contribution is 2.25. The van der Waals surface area contributed by atoms with Gasteiger partial charge in [0.25, 0.3) is 5.91 Å². The fourth-order valence-electron chi connectivity index (χ4n) is 3.98. The van der Waals surface area contributed by atoms with Crippen molar-refractivity contribution in [2.24, 2.45) is 0 Å². The first kappa shape index (κ1) is 20.1. The fourth-order valence-corrected chi connectivity index (χ4v) is 3.98. The van der Waals surface area contributed by atoms with E-state index in [1.807, 2.05) is 36.5 Å². The quantitative estimate of drug-likeness (QED) is 0.706. The van der Waals surface area contributed by atoms with Crippen LogP contribution in [0.3, 0.4) is 0 Å². The summed E-state index contributed by atoms with van der Waals surface area (Å²) in [5, 5.41) is 1.91. The number of nitrogens with two attached hydrogens (primary N) is 1. The Hall–Kier alpha value is -3.19. The van der Waals surface area contributed by atoms with Crippen LogP contribution in [0.5, 0.6) is 5.75 Å². The number of amides is 3. The molecule has 2 N–H and O–H groups in total. The van der Waals surface area contributed by atoms with Crippen LogP contribution < -0.4 is 19.9 Å². The van der Waals surface area contributed by atoms with Crippen LogP contribution in [-0.4, -0.2) is 36.9 Å². The van der Waals surface area contributed by atoms with Crippen LogP contribution >= 0.6 is 0 Å². The van der Waals surface area contributed by atoms with Crippen LogP contribution in [0.2, 0.25) is 0 Å². The van der Waals surface area contributed by atoms with Crippen molar-refractivity contribution < 1.29 is 24.4 Å². The third kappa shape index (κ3) is 4.07. The Labute approximate surface area is 175 Å². The molecule has 4 rings (SSSR count). The summed E-state index contributed by atoms with van der Waals surface area (Å²) in [6.45, 7) is 3.83. The summed E-state index contributed by atoms with van der Waals surface area (Å²) in [6.07, 6.45) is 1.70. The second kappa shape index (κ2) is 8.67. The van der Waals surface area contributed by atoms with Gasteiger partial charge < -0.3 is 15.0 Å². The van der Waals surface area contributed by atoms with E-state index < -0.39 is 6.04 Å². The number of nitrogens with zero attached hydrogens (tertiary/aromatic N) is 2. The van der Waals surface area contributed by atoms with E-state index in [2.05, 4.69) is 0 Å². The van der Waals surface area contributed by atoms with E-state index in [4.69, 9.17) is 4.74 Å². The van der Waals surface area contributed by atoms with Crippen molar-refractivity contribution >= 4 is 29.1 Å². The maximum atomic E-state index is 12.8. The zero-order valence-electron chi connectivity index (χ0n) is 17.0. The summed E-state index contributed by atoms with van der Waals surface area (Å²) >= 11 is 0. The van der Waals surface area contributed by atoms with Gasteiger partial charge in [0.1, 0.15) is 12.3 Å². The molecule has 1 atom stereocenters. The summed E-state index contributed by atoms with van der Waals surface area (Å²) in [5.41, 5.74) is 2.53. The van der Waals surface area contributed by atoms with E-state index in [-0.39, 0.29) is 24.1 Å². The van der Waals surface area contributed by atoms with Crippen molar-refractivity contribution in [3.8, 4) is 5.75 Å². The second-order valence-corrected chi connectivity index (χ2v) is 7.56. The molecule has 2 fully saturated rings. The topological polar surface area (TPSA) is 83.5 Å². The van der Waals surface area contributed by atoms with Gasteiger partial charge in [0, 0.05) is 24.2 Å². The molecule has 3 amide bonds. The number of quaternary nitrogens is 1. The van der Waals surface area contributed by atoms with Crippen LogP contribution in [-0.2, 0) is 20.9 Å². The van der Waals surface area contributed by atoms with E-state index in [9.17, 15) is 14.4 Å². The molecule has 2 aliphatic heterocycles. The number of benzene rings is 2. The monoisotopic (exact) mass is 408 g/mol. The first-order valence-corrected chi connectivity index (χ1v) is 10.4. The molecule has 0 radical (unpaired) electrons. The third-order valence-electron chi connectivity index (χ3n) is 5.55. The second-order valence-electron chi connectivity index (χ2n) is 7.56. The normalized spacial score (nSPS) is 19.1. The van der Waals surface area contributed by atoms with Gasteiger partial charge in [-0.05, 0) is 49.7 Å². The lowest BCUT2D eigenvalue weighted by atomic mass is 10.1. The van der Waals surface area contributed by atoms with Gasteiger partial charge in [0.15, 0.2) is 6.04 Å². The Bertz CT molecular complexity index is 940. The molecule has 2 aromatic rings. The van der Waals surface area contributed by atoms with Crippen LogP contribution in [0.1, 0.15) is 31.7 Å². The molecule has 156 valence electrons. The molecule has 0 aliphatic carbocycles. The zero-order chi connectivity index (χ0) is 21.1. The lowest BCUT2D eigenvalue weighted by Crippen LogP contribution is -2.90. The number of ether oxygens (including phenoxy) is 1. The van der Waals surface area contributed by atoms with Crippen molar-refractivity contribution in [2.45, 2.75) is 38.8 Å². The van der Waals surface area contributed by atoms with Gasteiger partial charge in [-0.15, -0.1) is 0 Å². The van der Waals surface area contributed by atoms with Gasteiger partial charge in [-0.3, -0.25) is 14.4 Å². The van der Waals surface area contributed by atoms with Crippen LogP contribution in [0.25, 0.3) is 0 Å². The van der Waals surface area contributed by atoms with Crippen molar-refractivity contribution in [1.29, 1.82) is 0 Å². The Morgan fingerprint density at radius 1 is 0.967 bits per heavy atom. The van der Waals surface area contributed by atoms with Crippen LogP contribution in [0.4, 0.5) is 11.4 Å². The molecule has 0 spiro atoms. The molecule has 0 bridgehead atoms. The molecule has 2 aromatic carbocycles. The first-order chi connectivity index (χ1) is 14.6. The van der Waals surface area contributed by atoms with E-state index in [1.54, 1.807) is 29.2 Å². The van der Waals surface area contributed by atoms with E-state index in [0.717, 1.165) is 24.2 Å². The highest BCUT2D eigenvalue weighted by molar-refractivity contribution is 6.21. The maximum Gasteiger partial charge on any atom is 0.292 e. The standard InChI is InChI=1S/C23H25N3O4/c1-2-30-19-11-9-18(10-12-19)26-22(28)14-20(23(26)29)24-15-16-5-7-17(8-6-16)25-13-3-4-21(25)27/h5-12,20,24H,2-4,13-15H2,1H3/p+1/t20-/m0/s1. The molecule has 0 aromatic heterocycles. The summed E-state index contributed by atoms with van der Waals surface area (Å²) < 4.78 is 5.42. The van der Waals surface area contributed by atoms with Crippen molar-refractivity contribution in [3.05, 3.63) is 54.1 Å². The molecular formula is C23H26N3O4+. The molecule has 2 heterocycles. The lowest BCUT2D eigenvalue weighted by Gasteiger charge is -2.16. The van der Waals surface area contributed by atoms with Gasteiger partial charge in [0.05, 0.1) is 18.7 Å². The van der Waals surface area contributed by atoms with Crippen molar-refractivity contribution in [1.82, 2.24) is 0 Å². The van der Waals surface area contributed by atoms with Gasteiger partial charge in [-0.2, -0.15) is 0 Å². The number of anilines is 2. The minimum atomic E-state index is -0.427. The average Bonchev–Trinajstić information content (AvgIpc) is 3.30. The molecule has 7 nitrogen and oxygen atoms in total. The molecule has 7 heteroatoms. The minimum Gasteiger partial charge on any atom is -0.494 e. The third-order valence-corrected chi connectivity index (χ3v) is 5.55. The van der Waals surface area contributed by atoms with E-state index in [1.165, 1.54) is 4.90 Å². The van der Waals surface area contributed by atoms with Crippen molar-refractivity contribution in [3.63, 3.8) is 0 Å². The lowest BCUT2D eigenvalue weighted by molar-refractivity contribution is -0.690. The van der Waals surface area contributed by atoms with Crippen LogP contribution in [0, 0.1) is 0 Å². The molecule has 0 unspecified atom stereocenters. The number of hydrogen-bond donors (Lipinski definition) is 1. The summed E-state index contributed by atoms with van der Waals surface area (Å²) in [6, 6.07) is 14.4. The number of carbonyl (C=O) groups is 3. The highest BCUT2D eigenvalue weighted by Gasteiger charge is 2.42. The predicted octanol–water partition coefficient (Wildman–Crippen LogP) is 1.61. The van der Waals surface area contributed by atoms with E-state index >= 15 is 0 Å². The van der Waals surface area contributed by atoms with Gasteiger partial charge in [0.2, 0.25) is 11.8 Å². The molecule has 2 aliphatic rings. The summed E-state index contributed by atoms with van der Waals surface area (Å²) in [5.74, 6) is 0.498. The Kier molecular flexibility index (Phi) is 5.81. The number of carbonyl (C=O) groups excluding carboxylic acids is 3. The maximum absolute atomic E-state index is 12.8. The predicted molar refractivity (Wildman–Crippen MR) is 112 cm³/mol. The molecular weight excluding hydrogens is 382 g/mol. The largest absolute Gasteiger partial charge is 0.494 e. The Balaban J connectivity index is 1.37.